The van der Waals surface area contributed by atoms with E-state index in [1.54, 1.807) is 16.7 Å². The van der Waals surface area contributed by atoms with Crippen molar-refractivity contribution in [3.05, 3.63) is 24.3 Å². The van der Waals surface area contributed by atoms with Crippen LogP contribution in [0, 0.1) is 17.3 Å². The van der Waals surface area contributed by atoms with Gasteiger partial charge >= 0.3 is 5.97 Å². The number of aliphatic hydroxyl groups excluding tert-OH is 1. The normalized spacial score (nSPS) is 34.0. The molecule has 2 fully saturated rings. The van der Waals surface area contributed by atoms with E-state index in [0.717, 1.165) is 12.8 Å². The van der Waals surface area contributed by atoms with Gasteiger partial charge in [-0.25, -0.2) is 0 Å². The van der Waals surface area contributed by atoms with Gasteiger partial charge in [-0.2, -0.15) is 0 Å². The van der Waals surface area contributed by atoms with Crippen molar-refractivity contribution in [3.8, 4) is 0 Å². The molecule has 206 valence electrons. The van der Waals surface area contributed by atoms with E-state index in [2.05, 4.69) is 46.8 Å². The van der Waals surface area contributed by atoms with Crippen LogP contribution in [0.5, 0.6) is 0 Å². The van der Waals surface area contributed by atoms with Gasteiger partial charge in [0.05, 0.1) is 23.2 Å². The van der Waals surface area contributed by atoms with Crippen LogP contribution in [-0.4, -0.2) is 80.1 Å². The topological polar surface area (TPSA) is 87.2 Å². The molecule has 0 radical (unpaired) electrons. The SMILES string of the molecule is CC(C)(C)CC(C)(C)N1CC=C[C@]23S[C@@]4(C)C=CCCOC(=O)[C@H]4[C@H]2C(=O)N(CCCCCO)C3C1=O. The first-order valence-corrected chi connectivity index (χ1v) is 14.5. The molecule has 37 heavy (non-hydrogen) atoms. The Hall–Kier alpha value is -1.80. The molecule has 0 aromatic heterocycles. The molecule has 0 aromatic rings. The molecule has 1 spiro atoms. The zero-order valence-corrected chi connectivity index (χ0v) is 24.1. The smallest absolute Gasteiger partial charge is 0.311 e. The van der Waals surface area contributed by atoms with Crippen molar-refractivity contribution in [2.75, 3.05) is 26.3 Å². The maximum Gasteiger partial charge on any atom is 0.311 e. The van der Waals surface area contributed by atoms with Gasteiger partial charge in [0.2, 0.25) is 11.8 Å². The van der Waals surface area contributed by atoms with Crippen molar-refractivity contribution in [2.24, 2.45) is 17.3 Å². The van der Waals surface area contributed by atoms with Gasteiger partial charge in [0.25, 0.3) is 0 Å². The molecule has 4 aliphatic rings. The first-order valence-electron chi connectivity index (χ1n) is 13.7. The van der Waals surface area contributed by atoms with Crippen LogP contribution in [0.25, 0.3) is 0 Å². The minimum atomic E-state index is -0.842. The highest BCUT2D eigenvalue weighted by Gasteiger charge is 2.74. The summed E-state index contributed by atoms with van der Waals surface area (Å²) in [5.74, 6) is -1.83. The largest absolute Gasteiger partial charge is 0.465 e. The number of rotatable bonds is 7. The molecule has 0 aliphatic carbocycles. The Balaban J connectivity index is 1.80. The standard InChI is InChI=1S/C29H44N2O5S/c1-26(2,3)19-27(4,5)31-16-12-14-29-20(21-25(35)36-18-11-8-13-28(21,6)37-29)23(33)30(22(29)24(31)34)15-9-7-10-17-32/h8,12-14,20-22,32H,7,9-11,15-19H2,1-6H3/t20-,21+,22?,28-,29-/m0/s1. The Morgan fingerprint density at radius 2 is 1.76 bits per heavy atom. The minimum absolute atomic E-state index is 0.0189. The number of aliphatic hydroxyl groups is 1. The molecule has 0 bridgehead atoms. The van der Waals surface area contributed by atoms with E-state index in [9.17, 15) is 19.5 Å². The minimum Gasteiger partial charge on any atom is -0.465 e. The van der Waals surface area contributed by atoms with Crippen molar-refractivity contribution in [2.45, 2.75) is 94.7 Å². The Morgan fingerprint density at radius 3 is 2.43 bits per heavy atom. The van der Waals surface area contributed by atoms with Gasteiger partial charge in [-0.05, 0) is 58.3 Å². The lowest BCUT2D eigenvalue weighted by molar-refractivity contribution is -0.154. The number of carbonyl (C=O) groups is 3. The number of ether oxygens (including phenoxy) is 1. The van der Waals surface area contributed by atoms with Gasteiger partial charge in [-0.1, -0.05) is 45.1 Å². The van der Waals surface area contributed by atoms with Crippen LogP contribution >= 0.6 is 11.8 Å². The summed E-state index contributed by atoms with van der Waals surface area (Å²) < 4.78 is 4.13. The fourth-order valence-corrected chi connectivity index (χ4v) is 9.39. The third kappa shape index (κ3) is 5.00. The molecule has 0 aromatic carbocycles. The van der Waals surface area contributed by atoms with E-state index >= 15 is 0 Å². The van der Waals surface area contributed by atoms with Gasteiger partial charge < -0.3 is 19.6 Å². The molecule has 4 rings (SSSR count). The van der Waals surface area contributed by atoms with Gasteiger partial charge in [-0.15, -0.1) is 11.8 Å². The summed E-state index contributed by atoms with van der Waals surface area (Å²) in [7, 11) is 0. The number of nitrogens with zero attached hydrogens (tertiary/aromatic N) is 2. The molecule has 0 saturated carbocycles. The number of unbranched alkanes of at least 4 members (excludes halogenated alkanes) is 2. The number of thioether (sulfide) groups is 1. The summed E-state index contributed by atoms with van der Waals surface area (Å²) in [4.78, 5) is 45.9. The third-order valence-electron chi connectivity index (χ3n) is 8.27. The number of esters is 1. The number of carbonyl (C=O) groups excluding carboxylic acids is 3. The predicted octanol–water partition coefficient (Wildman–Crippen LogP) is 3.95. The number of likely N-dealkylation sites (tertiary alicyclic amines) is 1. The van der Waals surface area contributed by atoms with E-state index < -0.39 is 32.9 Å². The second kappa shape index (κ2) is 10.1. The highest BCUT2D eigenvalue weighted by atomic mass is 32.2. The monoisotopic (exact) mass is 532 g/mol. The molecular weight excluding hydrogens is 488 g/mol. The summed E-state index contributed by atoms with van der Waals surface area (Å²) >= 11 is 1.59. The lowest BCUT2D eigenvalue weighted by Gasteiger charge is -2.44. The Bertz CT molecular complexity index is 985. The van der Waals surface area contributed by atoms with Crippen LogP contribution in [0.2, 0.25) is 0 Å². The second-order valence-corrected chi connectivity index (χ2v) is 14.9. The van der Waals surface area contributed by atoms with Gasteiger partial charge in [0.1, 0.15) is 6.04 Å². The summed E-state index contributed by atoms with van der Waals surface area (Å²) in [6, 6.07) is -0.687. The summed E-state index contributed by atoms with van der Waals surface area (Å²) in [6.07, 6.45) is 11.8. The fraction of sp³-hybridized carbons (Fsp3) is 0.759. The lowest BCUT2D eigenvalue weighted by atomic mass is 9.74. The van der Waals surface area contributed by atoms with Gasteiger partial charge in [0.15, 0.2) is 0 Å². The van der Waals surface area contributed by atoms with E-state index in [1.165, 1.54) is 0 Å². The van der Waals surface area contributed by atoms with Crippen molar-refractivity contribution >= 4 is 29.5 Å². The van der Waals surface area contributed by atoms with E-state index in [4.69, 9.17) is 4.74 Å². The van der Waals surface area contributed by atoms with Crippen LogP contribution in [0.3, 0.4) is 0 Å². The quantitative estimate of drug-likeness (QED) is 0.304. The zero-order valence-electron chi connectivity index (χ0n) is 23.3. The van der Waals surface area contributed by atoms with Crippen LogP contribution in [-0.2, 0) is 19.1 Å². The van der Waals surface area contributed by atoms with Crippen molar-refractivity contribution in [1.29, 1.82) is 0 Å². The highest BCUT2D eigenvalue weighted by molar-refractivity contribution is 8.02. The van der Waals surface area contributed by atoms with Crippen LogP contribution in [0.1, 0.15) is 73.6 Å². The maximum absolute atomic E-state index is 14.6. The Labute approximate surface area is 226 Å². The fourth-order valence-electron chi connectivity index (χ4n) is 7.24. The maximum atomic E-state index is 14.6. The number of fused-ring (bicyclic) bond motifs is 2. The highest BCUT2D eigenvalue weighted by Crippen LogP contribution is 2.65. The molecule has 7 nitrogen and oxygen atoms in total. The molecule has 4 heterocycles. The Morgan fingerprint density at radius 1 is 1.03 bits per heavy atom. The molecule has 1 unspecified atom stereocenters. The number of amides is 2. The average molecular weight is 533 g/mol. The molecule has 8 heteroatoms. The van der Waals surface area contributed by atoms with Crippen LogP contribution in [0.4, 0.5) is 0 Å². The van der Waals surface area contributed by atoms with Crippen LogP contribution < -0.4 is 0 Å². The lowest BCUT2D eigenvalue weighted by Crippen LogP contribution is -2.58. The van der Waals surface area contributed by atoms with Gasteiger partial charge in [0, 0.05) is 30.0 Å². The van der Waals surface area contributed by atoms with E-state index in [1.807, 2.05) is 24.0 Å². The van der Waals surface area contributed by atoms with Crippen molar-refractivity contribution in [1.82, 2.24) is 9.80 Å². The van der Waals surface area contributed by atoms with E-state index in [-0.39, 0.29) is 29.8 Å². The van der Waals surface area contributed by atoms with Crippen LogP contribution in [0.15, 0.2) is 24.3 Å². The molecule has 5 atom stereocenters. The number of hydrogen-bond donors (Lipinski definition) is 1. The van der Waals surface area contributed by atoms with E-state index in [0.29, 0.717) is 39.0 Å². The molecule has 2 amide bonds. The third-order valence-corrected chi connectivity index (χ3v) is 10.1. The van der Waals surface area contributed by atoms with Crippen molar-refractivity contribution in [3.63, 3.8) is 0 Å². The van der Waals surface area contributed by atoms with Gasteiger partial charge in [-0.3, -0.25) is 14.4 Å². The number of hydrogen-bond acceptors (Lipinski definition) is 6. The zero-order chi connectivity index (χ0) is 27.2. The first kappa shape index (κ1) is 28.2. The average Bonchev–Trinajstić information content (AvgIpc) is 3.08. The summed E-state index contributed by atoms with van der Waals surface area (Å²) in [5, 5.41) is 9.25. The predicted molar refractivity (Wildman–Crippen MR) is 146 cm³/mol. The second-order valence-electron chi connectivity index (χ2n) is 13.1. The Kier molecular flexibility index (Phi) is 7.67. The molecule has 4 aliphatic heterocycles. The summed E-state index contributed by atoms with van der Waals surface area (Å²) in [5.41, 5.74) is -0.395. The molecular formula is C29H44N2O5S. The molecule has 1 N–H and O–H groups in total. The first-order chi connectivity index (χ1) is 17.3. The summed E-state index contributed by atoms with van der Waals surface area (Å²) in [6.45, 7) is 14.1. The molecule has 2 saturated heterocycles. The number of cyclic esters (lactones) is 1. The van der Waals surface area contributed by atoms with Crippen molar-refractivity contribution < 1.29 is 24.2 Å².